The highest BCUT2D eigenvalue weighted by atomic mass is 32.2. The minimum atomic E-state index is -0.168. The molecule has 0 aliphatic carbocycles. The number of hydrogen-bond acceptors (Lipinski definition) is 5. The minimum Gasteiger partial charge on any atom is -0.493 e. The summed E-state index contributed by atoms with van der Waals surface area (Å²) < 4.78 is 11.8. The van der Waals surface area contributed by atoms with E-state index < -0.39 is 0 Å². The van der Waals surface area contributed by atoms with Gasteiger partial charge in [0.1, 0.15) is 0 Å². The summed E-state index contributed by atoms with van der Waals surface area (Å²) in [6, 6.07) is 12.2. The highest BCUT2D eigenvalue weighted by Crippen LogP contribution is 2.47. The molecule has 0 aromatic heterocycles. The van der Waals surface area contributed by atoms with Crippen LogP contribution in [0.2, 0.25) is 0 Å². The van der Waals surface area contributed by atoms with Gasteiger partial charge in [-0.2, -0.15) is 0 Å². The molecule has 0 spiro atoms. The number of carbonyl (C=O) groups is 1. The van der Waals surface area contributed by atoms with Gasteiger partial charge in [-0.25, -0.2) is 0 Å². The zero-order chi connectivity index (χ0) is 21.7. The molecule has 1 heterocycles. The van der Waals surface area contributed by atoms with Crippen LogP contribution < -0.4 is 14.8 Å². The molecule has 0 unspecified atom stereocenters. The molecule has 162 valence electrons. The van der Waals surface area contributed by atoms with Crippen LogP contribution >= 0.6 is 23.5 Å². The number of nitrogens with one attached hydrogen (secondary N) is 1. The van der Waals surface area contributed by atoms with Crippen molar-refractivity contribution in [2.24, 2.45) is 0 Å². The van der Waals surface area contributed by atoms with Crippen LogP contribution in [-0.2, 0) is 4.79 Å². The number of hydrogen-bond donors (Lipinski definition) is 1. The van der Waals surface area contributed by atoms with Crippen LogP contribution in [0.1, 0.15) is 60.8 Å². The Morgan fingerprint density at radius 3 is 2.23 bits per heavy atom. The number of benzene rings is 2. The number of amides is 1. The standard InChI is InChI=1S/C24H31NO3S2/c1-15(2)18-7-6-8-19(16(3)4)23(18)25-22(26)14-28-20-10-9-17(13-21(20)27-5)24-29-11-12-30-24/h6-10,13,15-16,24H,11-12,14H2,1-5H3,(H,25,26). The van der Waals surface area contributed by atoms with Gasteiger partial charge in [-0.05, 0) is 40.7 Å². The summed E-state index contributed by atoms with van der Waals surface area (Å²) >= 11 is 3.90. The van der Waals surface area contributed by atoms with E-state index in [9.17, 15) is 4.79 Å². The SMILES string of the molecule is COc1cc(C2SCCS2)ccc1OCC(=O)Nc1c(C(C)C)cccc1C(C)C. The van der Waals surface area contributed by atoms with Crippen molar-refractivity contribution < 1.29 is 14.3 Å². The monoisotopic (exact) mass is 445 g/mol. The van der Waals surface area contributed by atoms with Gasteiger partial charge in [-0.1, -0.05) is 52.0 Å². The molecule has 0 saturated carbocycles. The van der Waals surface area contributed by atoms with E-state index in [1.807, 2.05) is 35.7 Å². The Labute approximate surface area is 188 Å². The van der Waals surface area contributed by atoms with E-state index in [4.69, 9.17) is 9.47 Å². The minimum absolute atomic E-state index is 0.0629. The van der Waals surface area contributed by atoms with Crippen molar-refractivity contribution in [3.8, 4) is 11.5 Å². The Bertz CT molecular complexity index is 850. The van der Waals surface area contributed by atoms with Crippen LogP contribution in [0, 0.1) is 0 Å². The van der Waals surface area contributed by atoms with E-state index in [1.165, 1.54) is 17.1 Å². The van der Waals surface area contributed by atoms with Crippen LogP contribution in [0.15, 0.2) is 36.4 Å². The first-order valence-electron chi connectivity index (χ1n) is 10.4. The van der Waals surface area contributed by atoms with Crippen LogP contribution in [0.3, 0.4) is 0 Å². The summed E-state index contributed by atoms with van der Waals surface area (Å²) in [5.74, 6) is 4.07. The van der Waals surface area contributed by atoms with E-state index in [2.05, 4.69) is 57.3 Å². The second-order valence-electron chi connectivity index (χ2n) is 7.94. The predicted molar refractivity (Wildman–Crippen MR) is 129 cm³/mol. The third-order valence-electron chi connectivity index (χ3n) is 5.08. The fourth-order valence-electron chi connectivity index (χ4n) is 3.52. The normalized spacial score (nSPS) is 14.4. The molecule has 4 nitrogen and oxygen atoms in total. The lowest BCUT2D eigenvalue weighted by Crippen LogP contribution is -2.22. The third-order valence-corrected chi connectivity index (χ3v) is 8.18. The van der Waals surface area contributed by atoms with Crippen LogP contribution in [0.5, 0.6) is 11.5 Å². The second kappa shape index (κ2) is 10.5. The molecule has 1 fully saturated rings. The smallest absolute Gasteiger partial charge is 0.262 e. The number of ether oxygens (including phenoxy) is 2. The van der Waals surface area contributed by atoms with Crippen molar-refractivity contribution in [1.82, 2.24) is 0 Å². The van der Waals surface area contributed by atoms with Crippen molar-refractivity contribution in [2.75, 3.05) is 30.5 Å². The molecule has 1 saturated heterocycles. The molecule has 2 aromatic carbocycles. The maximum absolute atomic E-state index is 12.7. The van der Waals surface area contributed by atoms with Crippen molar-refractivity contribution in [2.45, 2.75) is 44.1 Å². The lowest BCUT2D eigenvalue weighted by atomic mass is 9.92. The highest BCUT2D eigenvalue weighted by molar-refractivity contribution is 8.19. The van der Waals surface area contributed by atoms with Crippen molar-refractivity contribution in [3.63, 3.8) is 0 Å². The number of carbonyl (C=O) groups excluding carboxylic acids is 1. The van der Waals surface area contributed by atoms with Crippen molar-refractivity contribution in [1.29, 1.82) is 0 Å². The van der Waals surface area contributed by atoms with E-state index in [1.54, 1.807) is 7.11 Å². The summed E-state index contributed by atoms with van der Waals surface area (Å²) in [4.78, 5) is 12.7. The Hall–Kier alpha value is -1.79. The van der Waals surface area contributed by atoms with Gasteiger partial charge in [-0.15, -0.1) is 23.5 Å². The third kappa shape index (κ3) is 5.46. The number of methoxy groups -OCH3 is 1. The Kier molecular flexibility index (Phi) is 8.00. The first-order chi connectivity index (χ1) is 14.4. The van der Waals surface area contributed by atoms with Crippen LogP contribution in [0.4, 0.5) is 5.69 Å². The molecular weight excluding hydrogens is 414 g/mol. The summed E-state index contributed by atoms with van der Waals surface area (Å²) in [7, 11) is 1.63. The molecule has 1 N–H and O–H groups in total. The Balaban J connectivity index is 1.71. The van der Waals surface area contributed by atoms with E-state index in [-0.39, 0.29) is 12.5 Å². The maximum Gasteiger partial charge on any atom is 0.262 e. The molecule has 3 rings (SSSR count). The first-order valence-corrected chi connectivity index (χ1v) is 12.5. The van der Waals surface area contributed by atoms with E-state index in [0.717, 1.165) is 16.8 Å². The molecule has 0 radical (unpaired) electrons. The first kappa shape index (κ1) is 22.9. The highest BCUT2D eigenvalue weighted by Gasteiger charge is 2.21. The summed E-state index contributed by atoms with van der Waals surface area (Å²) in [5.41, 5.74) is 4.42. The van der Waals surface area contributed by atoms with Gasteiger partial charge in [-0.3, -0.25) is 4.79 Å². The fraction of sp³-hybridized carbons (Fsp3) is 0.458. The lowest BCUT2D eigenvalue weighted by Gasteiger charge is -2.20. The van der Waals surface area contributed by atoms with Gasteiger partial charge in [0.2, 0.25) is 0 Å². The second-order valence-corrected chi connectivity index (χ2v) is 10.7. The Morgan fingerprint density at radius 1 is 1.03 bits per heavy atom. The largest absolute Gasteiger partial charge is 0.493 e. The Morgan fingerprint density at radius 2 is 1.67 bits per heavy atom. The molecule has 30 heavy (non-hydrogen) atoms. The molecular formula is C24H31NO3S2. The lowest BCUT2D eigenvalue weighted by molar-refractivity contribution is -0.118. The van der Waals surface area contributed by atoms with Gasteiger partial charge >= 0.3 is 0 Å². The molecule has 6 heteroatoms. The van der Waals surface area contributed by atoms with Gasteiger partial charge in [0.15, 0.2) is 18.1 Å². The average molecular weight is 446 g/mol. The molecule has 1 amide bonds. The quantitative estimate of drug-likeness (QED) is 0.507. The molecule has 0 bridgehead atoms. The fourth-order valence-corrected chi connectivity index (χ4v) is 6.35. The summed E-state index contributed by atoms with van der Waals surface area (Å²) in [6.45, 7) is 8.49. The van der Waals surface area contributed by atoms with Gasteiger partial charge < -0.3 is 14.8 Å². The molecule has 1 aliphatic rings. The average Bonchev–Trinajstić information content (AvgIpc) is 3.26. The van der Waals surface area contributed by atoms with Crippen molar-refractivity contribution >= 4 is 35.1 Å². The predicted octanol–water partition coefficient (Wildman–Crippen LogP) is 6.44. The molecule has 0 atom stereocenters. The topological polar surface area (TPSA) is 47.6 Å². The van der Waals surface area contributed by atoms with Gasteiger partial charge in [0.25, 0.3) is 5.91 Å². The van der Waals surface area contributed by atoms with Crippen LogP contribution in [-0.4, -0.2) is 31.1 Å². The summed E-state index contributed by atoms with van der Waals surface area (Å²) in [6.07, 6.45) is 0. The number of thioether (sulfide) groups is 2. The van der Waals surface area contributed by atoms with E-state index >= 15 is 0 Å². The number of rotatable bonds is 8. The van der Waals surface area contributed by atoms with Gasteiger partial charge in [0, 0.05) is 17.2 Å². The van der Waals surface area contributed by atoms with Crippen LogP contribution in [0.25, 0.3) is 0 Å². The zero-order valence-electron chi connectivity index (χ0n) is 18.4. The molecule has 2 aromatic rings. The number of para-hydroxylation sites is 1. The van der Waals surface area contributed by atoms with Crippen molar-refractivity contribution in [3.05, 3.63) is 53.1 Å². The summed E-state index contributed by atoms with van der Waals surface area (Å²) in [5, 5.41) is 3.09. The van der Waals surface area contributed by atoms with Gasteiger partial charge in [0.05, 0.1) is 11.7 Å². The van der Waals surface area contributed by atoms with E-state index in [0.29, 0.717) is 27.9 Å². The number of anilines is 1. The molecule has 1 aliphatic heterocycles. The zero-order valence-corrected chi connectivity index (χ0v) is 20.0. The maximum atomic E-state index is 12.7.